The smallest absolute Gasteiger partial charge is 0.361 e. The van der Waals surface area contributed by atoms with Gasteiger partial charge in [0.15, 0.2) is 23.0 Å². The number of phenolic OH excluding ortho intramolecular Hbond substituents is 2. The number of methoxy groups -OCH3 is 2. The van der Waals surface area contributed by atoms with Gasteiger partial charge >= 0.3 is 5.63 Å². The fourth-order valence-electron chi connectivity index (χ4n) is 4.11. The molecule has 7 heteroatoms. The Morgan fingerprint density at radius 1 is 0.931 bits per heavy atom. The molecule has 0 atom stereocenters. The maximum absolute atomic E-state index is 12.8. The minimum atomic E-state index is -0.509. The molecule has 29 heavy (non-hydrogen) atoms. The predicted octanol–water partition coefficient (Wildman–Crippen LogP) is 4.09. The second kappa shape index (κ2) is 5.81. The molecular weight excluding hydrogens is 374 g/mol. The summed E-state index contributed by atoms with van der Waals surface area (Å²) in [6.45, 7) is 1.93. The summed E-state index contributed by atoms with van der Waals surface area (Å²) in [5.74, 6) is 0.579. The van der Waals surface area contributed by atoms with E-state index >= 15 is 0 Å². The van der Waals surface area contributed by atoms with Crippen molar-refractivity contribution < 1.29 is 24.1 Å². The Morgan fingerprint density at radius 3 is 2.28 bits per heavy atom. The van der Waals surface area contributed by atoms with Crippen LogP contribution in [-0.4, -0.2) is 28.8 Å². The lowest BCUT2D eigenvalue weighted by Gasteiger charge is -2.08. The third-order valence-electron chi connectivity index (χ3n) is 5.40. The molecule has 0 saturated heterocycles. The van der Waals surface area contributed by atoms with Gasteiger partial charge in [0.05, 0.1) is 19.7 Å². The number of fused-ring (bicyclic) bond motifs is 7. The number of aryl methyl sites for hydroxylation is 1. The van der Waals surface area contributed by atoms with Crippen LogP contribution in [0.4, 0.5) is 0 Å². The molecule has 0 amide bonds. The number of hydrogen-bond acceptors (Lipinski definition) is 6. The Morgan fingerprint density at radius 2 is 1.59 bits per heavy atom. The summed E-state index contributed by atoms with van der Waals surface area (Å²) in [5.41, 5.74) is 1.84. The topological polar surface area (TPSA) is 93.5 Å². The zero-order valence-corrected chi connectivity index (χ0v) is 15.9. The summed E-state index contributed by atoms with van der Waals surface area (Å²) < 4.78 is 17.8. The zero-order valence-electron chi connectivity index (χ0n) is 15.9. The Bertz CT molecular complexity index is 1530. The highest BCUT2D eigenvalue weighted by Gasteiger charge is 2.20. The van der Waals surface area contributed by atoms with E-state index in [4.69, 9.17) is 13.9 Å². The number of rotatable bonds is 2. The van der Waals surface area contributed by atoms with Gasteiger partial charge in [0.1, 0.15) is 11.1 Å². The number of phenols is 2. The summed E-state index contributed by atoms with van der Waals surface area (Å²) >= 11 is 0. The quantitative estimate of drug-likeness (QED) is 0.440. The summed E-state index contributed by atoms with van der Waals surface area (Å²) in [5, 5.41) is 23.2. The van der Waals surface area contributed by atoms with E-state index in [-0.39, 0.29) is 17.1 Å². The van der Waals surface area contributed by atoms with Crippen molar-refractivity contribution in [3.63, 3.8) is 0 Å². The highest BCUT2D eigenvalue weighted by molar-refractivity contribution is 6.14. The number of pyridine rings is 1. The molecule has 3 aromatic heterocycles. The van der Waals surface area contributed by atoms with Crippen LogP contribution < -0.4 is 15.1 Å². The number of aromatic nitrogens is 1. The Hall–Kier alpha value is -3.87. The third kappa shape index (κ3) is 2.21. The van der Waals surface area contributed by atoms with Crippen LogP contribution in [0.3, 0.4) is 0 Å². The monoisotopic (exact) mass is 391 g/mol. The average molecular weight is 391 g/mol. The van der Waals surface area contributed by atoms with Gasteiger partial charge in [-0.1, -0.05) is 0 Å². The van der Waals surface area contributed by atoms with Gasteiger partial charge in [0, 0.05) is 28.4 Å². The molecule has 3 heterocycles. The van der Waals surface area contributed by atoms with Gasteiger partial charge in [0.25, 0.3) is 0 Å². The number of benzene rings is 2. The van der Waals surface area contributed by atoms with E-state index in [1.807, 2.05) is 13.0 Å². The molecule has 5 aromatic rings. The first-order valence-corrected chi connectivity index (χ1v) is 8.92. The van der Waals surface area contributed by atoms with Crippen molar-refractivity contribution in [3.8, 4) is 23.0 Å². The fourth-order valence-corrected chi connectivity index (χ4v) is 4.11. The van der Waals surface area contributed by atoms with Gasteiger partial charge in [-0.2, -0.15) is 0 Å². The van der Waals surface area contributed by atoms with Crippen LogP contribution in [0.2, 0.25) is 0 Å². The summed E-state index contributed by atoms with van der Waals surface area (Å²) in [7, 11) is 2.95. The van der Waals surface area contributed by atoms with Crippen molar-refractivity contribution in [1.82, 2.24) is 4.40 Å². The van der Waals surface area contributed by atoms with Crippen molar-refractivity contribution in [2.45, 2.75) is 6.92 Å². The van der Waals surface area contributed by atoms with E-state index < -0.39 is 5.63 Å². The number of ether oxygens (including phenoxy) is 2. The number of aromatic hydroxyl groups is 2. The second-order valence-electron chi connectivity index (χ2n) is 6.90. The maximum atomic E-state index is 12.8. The van der Waals surface area contributed by atoms with Crippen LogP contribution in [0.5, 0.6) is 23.0 Å². The van der Waals surface area contributed by atoms with Crippen LogP contribution in [0.1, 0.15) is 5.56 Å². The maximum Gasteiger partial charge on any atom is 0.361 e. The van der Waals surface area contributed by atoms with Crippen LogP contribution in [0.25, 0.3) is 38.2 Å². The molecule has 7 nitrogen and oxygen atoms in total. The minimum Gasteiger partial charge on any atom is -0.504 e. The summed E-state index contributed by atoms with van der Waals surface area (Å²) in [4.78, 5) is 12.8. The molecule has 146 valence electrons. The molecule has 0 saturated carbocycles. The van der Waals surface area contributed by atoms with Gasteiger partial charge in [-0.15, -0.1) is 0 Å². The SMILES string of the molecule is COc1cc2c(cc1O)oc(=O)c1c2c(C)c2c3cc(OC)c(O)cc3ccn21. The highest BCUT2D eigenvalue weighted by atomic mass is 16.5. The Labute approximate surface area is 163 Å². The molecular formula is C22H17NO6. The van der Waals surface area contributed by atoms with Crippen molar-refractivity contribution in [2.75, 3.05) is 14.2 Å². The van der Waals surface area contributed by atoms with Crippen molar-refractivity contribution in [1.29, 1.82) is 0 Å². The van der Waals surface area contributed by atoms with E-state index in [1.54, 1.807) is 28.8 Å². The molecule has 0 spiro atoms. The average Bonchev–Trinajstić information content (AvgIpc) is 3.01. The molecule has 0 bridgehead atoms. The van der Waals surface area contributed by atoms with Crippen molar-refractivity contribution >= 4 is 38.2 Å². The molecule has 2 aromatic carbocycles. The molecule has 0 aliphatic heterocycles. The third-order valence-corrected chi connectivity index (χ3v) is 5.40. The van der Waals surface area contributed by atoms with Crippen molar-refractivity contribution in [2.24, 2.45) is 0 Å². The van der Waals surface area contributed by atoms with Crippen molar-refractivity contribution in [3.05, 3.63) is 52.5 Å². The van der Waals surface area contributed by atoms with Crippen LogP contribution in [0.15, 0.2) is 45.7 Å². The van der Waals surface area contributed by atoms with Crippen LogP contribution in [0, 0.1) is 6.92 Å². The van der Waals surface area contributed by atoms with E-state index in [0.29, 0.717) is 27.8 Å². The first kappa shape index (κ1) is 17.2. The lowest BCUT2D eigenvalue weighted by atomic mass is 10.0. The first-order chi connectivity index (χ1) is 13.9. The van der Waals surface area contributed by atoms with Gasteiger partial charge in [-0.25, -0.2) is 4.79 Å². The van der Waals surface area contributed by atoms with E-state index in [2.05, 4.69) is 0 Å². The molecule has 0 radical (unpaired) electrons. The fraction of sp³-hybridized carbons (Fsp3) is 0.136. The van der Waals surface area contributed by atoms with Gasteiger partial charge in [-0.05, 0) is 42.1 Å². The highest BCUT2D eigenvalue weighted by Crippen LogP contribution is 2.40. The van der Waals surface area contributed by atoms with Gasteiger partial charge < -0.3 is 28.5 Å². The summed E-state index contributed by atoms with van der Waals surface area (Å²) in [6, 6.07) is 8.25. The molecule has 0 aliphatic rings. The van der Waals surface area contributed by atoms with E-state index in [0.717, 1.165) is 21.9 Å². The van der Waals surface area contributed by atoms with Gasteiger partial charge in [0.2, 0.25) is 0 Å². The minimum absolute atomic E-state index is 0.0447. The standard InChI is InChI=1S/C22H17NO6/c1-10-19-13-8-18(28-3)15(25)9-16(13)29-22(26)21(19)23-5-4-11-6-14(24)17(27-2)7-12(11)20(10)23/h4-9,24-25H,1-3H3. The normalized spacial score (nSPS) is 11.7. The molecule has 0 unspecified atom stereocenters. The molecule has 0 fully saturated rings. The molecule has 2 N–H and O–H groups in total. The number of nitrogens with zero attached hydrogens (tertiary/aromatic N) is 1. The van der Waals surface area contributed by atoms with E-state index in [9.17, 15) is 15.0 Å². The van der Waals surface area contributed by atoms with Crippen LogP contribution in [-0.2, 0) is 0 Å². The largest absolute Gasteiger partial charge is 0.504 e. The summed E-state index contributed by atoms with van der Waals surface area (Å²) in [6.07, 6.45) is 1.78. The lowest BCUT2D eigenvalue weighted by Crippen LogP contribution is -2.02. The zero-order chi connectivity index (χ0) is 20.4. The van der Waals surface area contributed by atoms with E-state index in [1.165, 1.54) is 20.3 Å². The Balaban J connectivity index is 2.06. The predicted molar refractivity (Wildman–Crippen MR) is 110 cm³/mol. The first-order valence-electron chi connectivity index (χ1n) is 8.92. The molecule has 5 rings (SSSR count). The lowest BCUT2D eigenvalue weighted by molar-refractivity contribution is 0.373. The molecule has 0 aliphatic carbocycles. The van der Waals surface area contributed by atoms with Crippen LogP contribution >= 0.6 is 0 Å². The number of hydrogen-bond donors (Lipinski definition) is 2. The van der Waals surface area contributed by atoms with Gasteiger partial charge in [-0.3, -0.25) is 0 Å². The second-order valence-corrected chi connectivity index (χ2v) is 6.90. The Kier molecular flexibility index (Phi) is 3.46.